The van der Waals surface area contributed by atoms with Gasteiger partial charge in [0.05, 0.1) is 11.9 Å². The molecule has 1 atom stereocenters. The second kappa shape index (κ2) is 8.16. The van der Waals surface area contributed by atoms with Crippen LogP contribution in [0.2, 0.25) is 0 Å². The summed E-state index contributed by atoms with van der Waals surface area (Å²) in [5.41, 5.74) is 1.55. The number of amides is 1. The molecule has 1 aromatic rings. The standard InChI is InChI=1S/C18H29N3O/c1-4-16-7-5-6-12-21(16)18(22)17-9-8-15(13-20-17)19-11-10-14(2)3/h8-9,13-14,16,19H,4-7,10-12H2,1-3H3. The lowest BCUT2D eigenvalue weighted by Gasteiger charge is -2.35. The molecule has 0 radical (unpaired) electrons. The SMILES string of the molecule is CCC1CCCCN1C(=O)c1ccc(NCCC(C)C)cn1. The van der Waals surface area contributed by atoms with Gasteiger partial charge < -0.3 is 10.2 Å². The number of pyridine rings is 1. The molecule has 0 bridgehead atoms. The molecule has 4 heteroatoms. The summed E-state index contributed by atoms with van der Waals surface area (Å²) in [5, 5.41) is 3.35. The Morgan fingerprint density at radius 1 is 1.41 bits per heavy atom. The number of carbonyl (C=O) groups is 1. The zero-order valence-corrected chi connectivity index (χ0v) is 14.1. The van der Waals surface area contributed by atoms with Crippen LogP contribution >= 0.6 is 0 Å². The van der Waals surface area contributed by atoms with E-state index >= 15 is 0 Å². The molecule has 1 saturated heterocycles. The second-order valence-electron chi connectivity index (χ2n) is 6.60. The molecule has 0 saturated carbocycles. The molecule has 1 fully saturated rings. The third-order valence-corrected chi connectivity index (χ3v) is 4.39. The predicted octanol–water partition coefficient (Wildman–Crippen LogP) is 3.94. The number of aromatic nitrogens is 1. The van der Waals surface area contributed by atoms with Gasteiger partial charge in [0, 0.05) is 19.1 Å². The van der Waals surface area contributed by atoms with Crippen molar-refractivity contribution in [2.45, 2.75) is 58.9 Å². The van der Waals surface area contributed by atoms with Crippen molar-refractivity contribution in [3.05, 3.63) is 24.0 Å². The molecule has 1 aliphatic rings. The number of anilines is 1. The van der Waals surface area contributed by atoms with E-state index in [1.165, 1.54) is 6.42 Å². The predicted molar refractivity (Wildman–Crippen MR) is 91.1 cm³/mol. The molecule has 1 N–H and O–H groups in total. The third-order valence-electron chi connectivity index (χ3n) is 4.39. The molecule has 4 nitrogen and oxygen atoms in total. The minimum Gasteiger partial charge on any atom is -0.384 e. The average Bonchev–Trinajstić information content (AvgIpc) is 2.54. The summed E-state index contributed by atoms with van der Waals surface area (Å²) in [6.45, 7) is 8.39. The van der Waals surface area contributed by atoms with E-state index in [0.29, 0.717) is 17.7 Å². The van der Waals surface area contributed by atoms with Crippen molar-refractivity contribution in [2.75, 3.05) is 18.4 Å². The van der Waals surface area contributed by atoms with Gasteiger partial charge >= 0.3 is 0 Å². The summed E-state index contributed by atoms with van der Waals surface area (Å²) in [6.07, 6.45) is 7.40. The van der Waals surface area contributed by atoms with Crippen LogP contribution in [0.4, 0.5) is 5.69 Å². The maximum Gasteiger partial charge on any atom is 0.272 e. The molecule has 1 aliphatic heterocycles. The topological polar surface area (TPSA) is 45.2 Å². The summed E-state index contributed by atoms with van der Waals surface area (Å²) >= 11 is 0. The first-order valence-corrected chi connectivity index (χ1v) is 8.62. The van der Waals surface area contributed by atoms with Crippen molar-refractivity contribution in [1.29, 1.82) is 0 Å². The second-order valence-corrected chi connectivity index (χ2v) is 6.60. The molecule has 122 valence electrons. The quantitative estimate of drug-likeness (QED) is 0.865. The average molecular weight is 303 g/mol. The fraction of sp³-hybridized carbons (Fsp3) is 0.667. The minimum absolute atomic E-state index is 0.0836. The Morgan fingerprint density at radius 3 is 2.86 bits per heavy atom. The van der Waals surface area contributed by atoms with Gasteiger partial charge in [0.15, 0.2) is 0 Å². The van der Waals surface area contributed by atoms with E-state index in [1.54, 1.807) is 6.20 Å². The Kier molecular flexibility index (Phi) is 6.22. The summed E-state index contributed by atoms with van der Waals surface area (Å²) in [4.78, 5) is 19.0. The van der Waals surface area contributed by atoms with E-state index in [9.17, 15) is 4.79 Å². The monoisotopic (exact) mass is 303 g/mol. The van der Waals surface area contributed by atoms with E-state index in [4.69, 9.17) is 0 Å². The van der Waals surface area contributed by atoms with E-state index < -0.39 is 0 Å². The van der Waals surface area contributed by atoms with E-state index in [2.05, 4.69) is 31.1 Å². The largest absolute Gasteiger partial charge is 0.384 e. The van der Waals surface area contributed by atoms with Crippen LogP contribution in [0.15, 0.2) is 18.3 Å². The third kappa shape index (κ3) is 4.46. The van der Waals surface area contributed by atoms with Gasteiger partial charge in [0.25, 0.3) is 5.91 Å². The summed E-state index contributed by atoms with van der Waals surface area (Å²) < 4.78 is 0. The van der Waals surface area contributed by atoms with Crippen molar-refractivity contribution >= 4 is 11.6 Å². The zero-order valence-electron chi connectivity index (χ0n) is 14.1. The number of nitrogens with one attached hydrogen (secondary N) is 1. The molecule has 0 spiro atoms. The summed E-state index contributed by atoms with van der Waals surface area (Å²) in [6, 6.07) is 4.19. The van der Waals surface area contributed by atoms with Crippen LogP contribution in [-0.2, 0) is 0 Å². The Bertz CT molecular complexity index is 470. The van der Waals surface area contributed by atoms with Crippen LogP contribution in [0.3, 0.4) is 0 Å². The van der Waals surface area contributed by atoms with Crippen LogP contribution in [0.1, 0.15) is 63.4 Å². The van der Waals surface area contributed by atoms with Crippen LogP contribution < -0.4 is 5.32 Å². The number of likely N-dealkylation sites (tertiary alicyclic amines) is 1. The Labute approximate surface area is 134 Å². The number of rotatable bonds is 6. The van der Waals surface area contributed by atoms with Gasteiger partial charge in [-0.2, -0.15) is 0 Å². The molecular weight excluding hydrogens is 274 g/mol. The normalized spacial score (nSPS) is 18.5. The highest BCUT2D eigenvalue weighted by Crippen LogP contribution is 2.21. The summed E-state index contributed by atoms with van der Waals surface area (Å²) in [5.74, 6) is 0.770. The smallest absolute Gasteiger partial charge is 0.272 e. The molecule has 22 heavy (non-hydrogen) atoms. The van der Waals surface area contributed by atoms with Gasteiger partial charge in [0.2, 0.25) is 0 Å². The number of hydrogen-bond acceptors (Lipinski definition) is 3. The van der Waals surface area contributed by atoms with Gasteiger partial charge in [-0.1, -0.05) is 20.8 Å². The lowest BCUT2D eigenvalue weighted by molar-refractivity contribution is 0.0602. The highest BCUT2D eigenvalue weighted by molar-refractivity contribution is 5.92. The fourth-order valence-corrected chi connectivity index (χ4v) is 2.97. The van der Waals surface area contributed by atoms with Crippen molar-refractivity contribution < 1.29 is 4.79 Å². The van der Waals surface area contributed by atoms with E-state index in [-0.39, 0.29) is 5.91 Å². The molecular formula is C18H29N3O. The Balaban J connectivity index is 1.95. The number of piperidine rings is 1. The highest BCUT2D eigenvalue weighted by Gasteiger charge is 2.26. The van der Waals surface area contributed by atoms with Crippen molar-refractivity contribution in [3.63, 3.8) is 0 Å². The molecule has 0 aliphatic carbocycles. The number of carbonyl (C=O) groups excluding carboxylic acids is 1. The molecule has 2 rings (SSSR count). The highest BCUT2D eigenvalue weighted by atomic mass is 16.2. The van der Waals surface area contributed by atoms with Crippen LogP contribution in [0.5, 0.6) is 0 Å². The maximum atomic E-state index is 12.6. The molecule has 2 heterocycles. The Hall–Kier alpha value is -1.58. The van der Waals surface area contributed by atoms with Gasteiger partial charge in [-0.3, -0.25) is 4.79 Å². The maximum absolute atomic E-state index is 12.6. The lowest BCUT2D eigenvalue weighted by Crippen LogP contribution is -2.43. The van der Waals surface area contributed by atoms with Crippen LogP contribution in [0, 0.1) is 5.92 Å². The first kappa shape index (κ1) is 16.8. The van der Waals surface area contributed by atoms with Crippen LogP contribution in [-0.4, -0.2) is 34.9 Å². The van der Waals surface area contributed by atoms with Crippen molar-refractivity contribution in [2.24, 2.45) is 5.92 Å². The number of hydrogen-bond donors (Lipinski definition) is 1. The molecule has 1 amide bonds. The van der Waals surface area contributed by atoms with Crippen molar-refractivity contribution in [3.8, 4) is 0 Å². The van der Waals surface area contributed by atoms with Crippen LogP contribution in [0.25, 0.3) is 0 Å². The first-order chi connectivity index (χ1) is 10.6. The fourth-order valence-electron chi connectivity index (χ4n) is 2.97. The summed E-state index contributed by atoms with van der Waals surface area (Å²) in [7, 11) is 0. The van der Waals surface area contributed by atoms with E-state index in [0.717, 1.165) is 44.5 Å². The lowest BCUT2D eigenvalue weighted by atomic mass is 9.99. The molecule has 1 aromatic heterocycles. The zero-order chi connectivity index (χ0) is 15.9. The molecule has 0 aromatic carbocycles. The first-order valence-electron chi connectivity index (χ1n) is 8.62. The van der Waals surface area contributed by atoms with Crippen molar-refractivity contribution in [1.82, 2.24) is 9.88 Å². The van der Waals surface area contributed by atoms with E-state index in [1.807, 2.05) is 17.0 Å². The van der Waals surface area contributed by atoms with Gasteiger partial charge in [-0.25, -0.2) is 4.98 Å². The molecule has 1 unspecified atom stereocenters. The van der Waals surface area contributed by atoms with Gasteiger partial charge in [-0.05, 0) is 50.2 Å². The van der Waals surface area contributed by atoms with Gasteiger partial charge in [-0.15, -0.1) is 0 Å². The van der Waals surface area contributed by atoms with Gasteiger partial charge in [0.1, 0.15) is 5.69 Å². The Morgan fingerprint density at radius 2 is 2.23 bits per heavy atom. The minimum atomic E-state index is 0.0836. The number of nitrogens with zero attached hydrogens (tertiary/aromatic N) is 2.